The van der Waals surface area contributed by atoms with Crippen LogP contribution in [0.2, 0.25) is 0 Å². The molecule has 7 nitrogen and oxygen atoms in total. The molecule has 25 heavy (non-hydrogen) atoms. The molecule has 1 aromatic heterocycles. The Labute approximate surface area is 154 Å². The van der Waals surface area contributed by atoms with Crippen LogP contribution in [0.3, 0.4) is 0 Å². The normalized spacial score (nSPS) is 14.3. The highest BCUT2D eigenvalue weighted by Gasteiger charge is 2.22. The molecule has 1 aliphatic heterocycles. The second-order valence-corrected chi connectivity index (χ2v) is 6.43. The van der Waals surface area contributed by atoms with Crippen molar-refractivity contribution in [3.8, 4) is 0 Å². The predicted octanol–water partition coefficient (Wildman–Crippen LogP) is 1.32. The van der Waals surface area contributed by atoms with Gasteiger partial charge >= 0.3 is 0 Å². The SMILES string of the molecule is O=C(NCC(=O)N1CCN(c2ncccn2)CC1)c1ccccc1Br. The molecule has 1 aromatic carbocycles. The van der Waals surface area contributed by atoms with Crippen LogP contribution in [0.15, 0.2) is 47.2 Å². The van der Waals surface area contributed by atoms with E-state index in [1.165, 1.54) is 0 Å². The number of hydrogen-bond donors (Lipinski definition) is 1. The summed E-state index contributed by atoms with van der Waals surface area (Å²) in [4.78, 5) is 36.7. The topological polar surface area (TPSA) is 78.4 Å². The van der Waals surface area contributed by atoms with Crippen LogP contribution in [0, 0.1) is 0 Å². The van der Waals surface area contributed by atoms with E-state index in [2.05, 4.69) is 31.2 Å². The Morgan fingerprint density at radius 3 is 2.40 bits per heavy atom. The first-order valence-electron chi connectivity index (χ1n) is 7.97. The Morgan fingerprint density at radius 1 is 1.04 bits per heavy atom. The average Bonchev–Trinajstić information content (AvgIpc) is 2.67. The van der Waals surface area contributed by atoms with Crippen LogP contribution < -0.4 is 10.2 Å². The third-order valence-electron chi connectivity index (χ3n) is 3.99. The Bertz CT molecular complexity index is 748. The zero-order valence-corrected chi connectivity index (χ0v) is 15.1. The van der Waals surface area contributed by atoms with Gasteiger partial charge in [0.15, 0.2) is 0 Å². The number of piperazine rings is 1. The van der Waals surface area contributed by atoms with Gasteiger partial charge < -0.3 is 15.1 Å². The maximum absolute atomic E-state index is 12.3. The molecule has 1 aliphatic rings. The van der Waals surface area contributed by atoms with Gasteiger partial charge in [-0.1, -0.05) is 12.1 Å². The van der Waals surface area contributed by atoms with Gasteiger partial charge in [0.05, 0.1) is 12.1 Å². The lowest BCUT2D eigenvalue weighted by atomic mass is 10.2. The molecule has 2 aromatic rings. The summed E-state index contributed by atoms with van der Waals surface area (Å²) in [6.07, 6.45) is 3.41. The molecule has 1 saturated heterocycles. The number of nitrogens with zero attached hydrogens (tertiary/aromatic N) is 4. The summed E-state index contributed by atoms with van der Waals surface area (Å²) in [7, 11) is 0. The highest BCUT2D eigenvalue weighted by molar-refractivity contribution is 9.10. The summed E-state index contributed by atoms with van der Waals surface area (Å²) in [5, 5.41) is 2.68. The fraction of sp³-hybridized carbons (Fsp3) is 0.294. The second-order valence-electron chi connectivity index (χ2n) is 5.58. The first-order valence-corrected chi connectivity index (χ1v) is 8.77. The number of carbonyl (C=O) groups excluding carboxylic acids is 2. The van der Waals surface area contributed by atoms with Gasteiger partial charge in [-0.15, -0.1) is 0 Å². The van der Waals surface area contributed by atoms with E-state index in [1.54, 1.807) is 41.6 Å². The Kier molecular flexibility index (Phi) is 5.60. The summed E-state index contributed by atoms with van der Waals surface area (Å²) < 4.78 is 0.705. The number of carbonyl (C=O) groups is 2. The maximum atomic E-state index is 12.3. The van der Waals surface area contributed by atoms with E-state index in [1.807, 2.05) is 11.0 Å². The Balaban J connectivity index is 1.48. The van der Waals surface area contributed by atoms with E-state index in [0.29, 0.717) is 42.2 Å². The summed E-state index contributed by atoms with van der Waals surface area (Å²) >= 11 is 3.34. The molecule has 0 unspecified atom stereocenters. The van der Waals surface area contributed by atoms with Crippen molar-refractivity contribution in [2.45, 2.75) is 0 Å². The third-order valence-corrected chi connectivity index (χ3v) is 4.68. The third kappa shape index (κ3) is 4.33. The highest BCUT2D eigenvalue weighted by Crippen LogP contribution is 2.15. The maximum Gasteiger partial charge on any atom is 0.252 e. The summed E-state index contributed by atoms with van der Waals surface area (Å²) in [5.74, 6) is 0.322. The van der Waals surface area contributed by atoms with Crippen molar-refractivity contribution in [1.29, 1.82) is 0 Å². The van der Waals surface area contributed by atoms with Crippen molar-refractivity contribution in [3.05, 3.63) is 52.8 Å². The number of rotatable bonds is 4. The van der Waals surface area contributed by atoms with E-state index in [0.717, 1.165) is 0 Å². The number of benzene rings is 1. The molecular formula is C17H18BrN5O2. The molecule has 0 saturated carbocycles. The molecule has 0 aliphatic carbocycles. The number of aromatic nitrogens is 2. The van der Waals surface area contributed by atoms with Crippen LogP contribution in [0.1, 0.15) is 10.4 Å². The first-order chi connectivity index (χ1) is 12.1. The number of amides is 2. The first kappa shape index (κ1) is 17.3. The van der Waals surface area contributed by atoms with Gasteiger partial charge in [0, 0.05) is 43.0 Å². The minimum Gasteiger partial charge on any atom is -0.343 e. The molecular weight excluding hydrogens is 386 g/mol. The molecule has 0 radical (unpaired) electrons. The average molecular weight is 404 g/mol. The van der Waals surface area contributed by atoms with E-state index in [9.17, 15) is 9.59 Å². The molecule has 0 atom stereocenters. The van der Waals surface area contributed by atoms with Crippen molar-refractivity contribution >= 4 is 33.7 Å². The van der Waals surface area contributed by atoms with Gasteiger partial charge in [0.1, 0.15) is 0 Å². The van der Waals surface area contributed by atoms with E-state index < -0.39 is 0 Å². The molecule has 3 rings (SSSR count). The fourth-order valence-corrected chi connectivity index (χ4v) is 3.08. The number of nitrogens with one attached hydrogen (secondary N) is 1. The van der Waals surface area contributed by atoms with Crippen LogP contribution in [-0.2, 0) is 4.79 Å². The van der Waals surface area contributed by atoms with E-state index in [4.69, 9.17) is 0 Å². The van der Waals surface area contributed by atoms with Crippen LogP contribution in [0.5, 0.6) is 0 Å². The number of anilines is 1. The molecule has 2 amide bonds. The monoisotopic (exact) mass is 403 g/mol. The fourth-order valence-electron chi connectivity index (χ4n) is 2.62. The Hall–Kier alpha value is -2.48. The minimum absolute atomic E-state index is 0.0119. The minimum atomic E-state index is -0.267. The van der Waals surface area contributed by atoms with Gasteiger partial charge in [0.25, 0.3) is 5.91 Å². The second kappa shape index (κ2) is 8.06. The summed E-state index contributed by atoms with van der Waals surface area (Å²) in [5.41, 5.74) is 0.515. The molecule has 2 heterocycles. The van der Waals surface area contributed by atoms with Crippen LogP contribution in [0.25, 0.3) is 0 Å². The largest absolute Gasteiger partial charge is 0.343 e. The quantitative estimate of drug-likeness (QED) is 0.832. The number of halogens is 1. The lowest BCUT2D eigenvalue weighted by molar-refractivity contribution is -0.130. The van der Waals surface area contributed by atoms with Gasteiger partial charge in [-0.3, -0.25) is 9.59 Å². The van der Waals surface area contributed by atoms with Gasteiger partial charge in [-0.05, 0) is 34.1 Å². The Morgan fingerprint density at radius 2 is 1.72 bits per heavy atom. The zero-order valence-electron chi connectivity index (χ0n) is 13.6. The van der Waals surface area contributed by atoms with Gasteiger partial charge in [-0.2, -0.15) is 0 Å². The molecule has 1 N–H and O–H groups in total. The molecule has 0 spiro atoms. The van der Waals surface area contributed by atoms with Crippen LogP contribution in [-0.4, -0.2) is 59.4 Å². The molecule has 8 heteroatoms. The van der Waals surface area contributed by atoms with Crippen molar-refractivity contribution < 1.29 is 9.59 Å². The van der Waals surface area contributed by atoms with Crippen LogP contribution in [0.4, 0.5) is 5.95 Å². The standard InChI is InChI=1S/C17H18BrN5O2/c18-14-5-2-1-4-13(14)16(25)21-12-15(24)22-8-10-23(11-9-22)17-19-6-3-7-20-17/h1-7H,8-12H2,(H,21,25). The zero-order chi connectivity index (χ0) is 17.6. The van der Waals surface area contributed by atoms with Crippen molar-refractivity contribution in [2.24, 2.45) is 0 Å². The lowest BCUT2D eigenvalue weighted by Gasteiger charge is -2.34. The van der Waals surface area contributed by atoms with Crippen molar-refractivity contribution in [2.75, 3.05) is 37.6 Å². The van der Waals surface area contributed by atoms with E-state index in [-0.39, 0.29) is 18.4 Å². The van der Waals surface area contributed by atoms with Crippen molar-refractivity contribution in [3.63, 3.8) is 0 Å². The molecule has 0 bridgehead atoms. The van der Waals surface area contributed by atoms with E-state index >= 15 is 0 Å². The van der Waals surface area contributed by atoms with Gasteiger partial charge in [-0.25, -0.2) is 9.97 Å². The summed E-state index contributed by atoms with van der Waals surface area (Å²) in [6, 6.07) is 8.90. The smallest absolute Gasteiger partial charge is 0.252 e. The predicted molar refractivity (Wildman–Crippen MR) is 97.3 cm³/mol. The van der Waals surface area contributed by atoms with Gasteiger partial charge in [0.2, 0.25) is 11.9 Å². The molecule has 130 valence electrons. The number of hydrogen-bond acceptors (Lipinski definition) is 5. The van der Waals surface area contributed by atoms with Crippen LogP contribution >= 0.6 is 15.9 Å². The summed E-state index contributed by atoms with van der Waals surface area (Å²) in [6.45, 7) is 2.51. The molecule has 1 fully saturated rings. The van der Waals surface area contributed by atoms with Crippen molar-refractivity contribution in [1.82, 2.24) is 20.2 Å². The lowest BCUT2D eigenvalue weighted by Crippen LogP contribution is -2.51. The highest BCUT2D eigenvalue weighted by atomic mass is 79.9.